The second kappa shape index (κ2) is 13.6. The first kappa shape index (κ1) is 34.9. The summed E-state index contributed by atoms with van der Waals surface area (Å²) in [7, 11) is 1.98. The number of aromatic nitrogens is 4. The van der Waals surface area contributed by atoms with Crippen molar-refractivity contribution in [1.29, 1.82) is 0 Å². The Labute approximate surface area is 319 Å². The molecule has 5 aromatic carbocycles. The van der Waals surface area contributed by atoms with E-state index in [4.69, 9.17) is 9.97 Å². The number of hydrogen-bond donors (Lipinski definition) is 1. The number of phenols is 1. The molecular weight excluding hydrogens is 820 g/mol. The molecule has 0 aliphatic rings. The van der Waals surface area contributed by atoms with Crippen LogP contribution in [0.3, 0.4) is 0 Å². The molecule has 0 fully saturated rings. The molecule has 52 heavy (non-hydrogen) atoms. The summed E-state index contributed by atoms with van der Waals surface area (Å²) in [6, 6.07) is 42.9. The van der Waals surface area contributed by atoms with Crippen molar-refractivity contribution >= 4 is 28.0 Å². The third kappa shape index (κ3) is 5.89. The van der Waals surface area contributed by atoms with E-state index >= 15 is 0 Å². The Morgan fingerprint density at radius 3 is 2.29 bits per heavy atom. The zero-order valence-electron chi connectivity index (χ0n) is 29.9. The number of nitrogens with zero attached hydrogens (tertiary/aromatic N) is 4. The van der Waals surface area contributed by atoms with Gasteiger partial charge in [-0.1, -0.05) is 99.1 Å². The summed E-state index contributed by atoms with van der Waals surface area (Å²) in [5.74, 6) is 0.911. The number of fused-ring (bicyclic) bond motifs is 2. The number of imidazole rings is 1. The van der Waals surface area contributed by atoms with Crippen LogP contribution < -0.4 is 0 Å². The first-order valence-electron chi connectivity index (χ1n) is 17.2. The van der Waals surface area contributed by atoms with E-state index in [1.807, 2.05) is 48.2 Å². The maximum atomic E-state index is 10.6. The number of benzene rings is 5. The van der Waals surface area contributed by atoms with Gasteiger partial charge in [-0.3, -0.25) is 4.98 Å². The van der Waals surface area contributed by atoms with Gasteiger partial charge in [0.1, 0.15) is 11.6 Å². The number of aromatic hydroxyl groups is 1. The van der Waals surface area contributed by atoms with Crippen molar-refractivity contribution in [2.45, 2.75) is 33.1 Å². The largest absolute Gasteiger partial charge is 0.507 e. The summed E-state index contributed by atoms with van der Waals surface area (Å²) in [4.78, 5) is 9.87. The van der Waals surface area contributed by atoms with Crippen LogP contribution in [0.25, 0.3) is 78.6 Å². The number of aryl methyl sites for hydroxylation is 2. The van der Waals surface area contributed by atoms with E-state index in [0.29, 0.717) is 11.4 Å². The van der Waals surface area contributed by atoms with Gasteiger partial charge < -0.3 is 14.2 Å². The Hall–Kier alpha value is -5.51. The molecule has 8 rings (SSSR count). The van der Waals surface area contributed by atoms with Gasteiger partial charge >= 0.3 is 0 Å². The number of para-hydroxylation sites is 3. The van der Waals surface area contributed by atoms with Crippen LogP contribution in [0, 0.1) is 13.0 Å². The fourth-order valence-corrected chi connectivity index (χ4v) is 7.23. The third-order valence-corrected chi connectivity index (χ3v) is 9.94. The minimum absolute atomic E-state index is 0. The molecule has 0 saturated heterocycles. The molecule has 0 saturated carbocycles. The normalized spacial score (nSPS) is 11.6. The minimum atomic E-state index is 0. The average Bonchev–Trinajstić information content (AvgIpc) is 3.64. The van der Waals surface area contributed by atoms with Gasteiger partial charge in [-0.2, -0.15) is 0 Å². The average molecular weight is 859 g/mol. The van der Waals surface area contributed by atoms with Crippen molar-refractivity contribution in [2.75, 3.05) is 0 Å². The monoisotopic (exact) mass is 858 g/mol. The van der Waals surface area contributed by atoms with Crippen LogP contribution in [-0.4, -0.2) is 24.2 Å². The number of hydrogen-bond acceptors (Lipinski definition) is 3. The number of pyridine rings is 1. The molecule has 8 aromatic rings. The van der Waals surface area contributed by atoms with Gasteiger partial charge in [0.15, 0.2) is 0 Å². The molecule has 0 spiro atoms. The molecule has 3 heterocycles. The zero-order valence-corrected chi connectivity index (χ0v) is 32.2. The van der Waals surface area contributed by atoms with Crippen LogP contribution in [0.4, 0.5) is 0 Å². The quantitative estimate of drug-likeness (QED) is 0.170. The predicted molar refractivity (Wildman–Crippen MR) is 211 cm³/mol. The smallest absolute Gasteiger partial charge is 0.143 e. The van der Waals surface area contributed by atoms with Crippen LogP contribution in [0.1, 0.15) is 37.6 Å². The van der Waals surface area contributed by atoms with Crippen molar-refractivity contribution in [3.8, 4) is 56.3 Å². The first-order valence-corrected chi connectivity index (χ1v) is 17.2. The fourth-order valence-electron chi connectivity index (χ4n) is 7.23. The molecule has 0 aliphatic carbocycles. The van der Waals surface area contributed by atoms with E-state index in [0.717, 1.165) is 61.4 Å². The molecule has 0 bridgehead atoms. The van der Waals surface area contributed by atoms with Gasteiger partial charge in [-0.25, -0.2) is 4.98 Å². The molecule has 0 amide bonds. The zero-order chi connectivity index (χ0) is 35.4. The van der Waals surface area contributed by atoms with Gasteiger partial charge in [0, 0.05) is 62.3 Å². The predicted octanol–water partition coefficient (Wildman–Crippen LogP) is 11.3. The molecule has 3 aromatic heterocycles. The van der Waals surface area contributed by atoms with Crippen LogP contribution in [0.15, 0.2) is 128 Å². The van der Waals surface area contributed by atoms with Crippen molar-refractivity contribution in [3.63, 3.8) is 0 Å². The van der Waals surface area contributed by atoms with E-state index in [2.05, 4.69) is 130 Å². The van der Waals surface area contributed by atoms with Crippen LogP contribution >= 0.6 is 0 Å². The van der Waals surface area contributed by atoms with E-state index in [1.165, 1.54) is 16.5 Å². The molecule has 6 heteroatoms. The Morgan fingerprint density at radius 1 is 0.788 bits per heavy atom. The van der Waals surface area contributed by atoms with Gasteiger partial charge in [0.25, 0.3) is 0 Å². The summed E-state index contributed by atoms with van der Waals surface area (Å²) in [5.41, 5.74) is 14.2. The van der Waals surface area contributed by atoms with Crippen molar-refractivity contribution in [3.05, 3.63) is 151 Å². The summed E-state index contributed by atoms with van der Waals surface area (Å²) in [6.07, 6.45) is 3.85. The summed E-state index contributed by atoms with van der Waals surface area (Å²) in [5, 5.41) is 11.8. The van der Waals surface area contributed by atoms with Gasteiger partial charge in [0.05, 0.1) is 22.1 Å². The standard InChI is InChI=1S/C46H39N4O.Pt/c1-7-40-29(2)35-19-12-21-37(44(35)50(40)34-17-11-16-33(28-34)46(3,4)5)31-24-25-47-39(27-31)32-15-10-14-30(26-32)36-20-13-22-41-43(36)48-45(49(41)6)38-18-8-9-23-42(38)51;/h7-25,27-28,51H,1H2,2-6H3;/q-1;. The molecular formula is C46H39N4OPt-. The van der Waals surface area contributed by atoms with E-state index < -0.39 is 0 Å². The second-order valence-corrected chi connectivity index (χ2v) is 14.1. The molecule has 0 atom stereocenters. The third-order valence-electron chi connectivity index (χ3n) is 9.94. The van der Waals surface area contributed by atoms with E-state index in [-0.39, 0.29) is 32.2 Å². The van der Waals surface area contributed by atoms with Gasteiger partial charge in [-0.15, -0.1) is 29.8 Å². The molecule has 1 N–H and O–H groups in total. The molecule has 5 nitrogen and oxygen atoms in total. The Bertz CT molecular complexity index is 2640. The maximum absolute atomic E-state index is 10.6. The maximum Gasteiger partial charge on any atom is 0.143 e. The van der Waals surface area contributed by atoms with E-state index in [9.17, 15) is 5.11 Å². The second-order valence-electron chi connectivity index (χ2n) is 14.1. The number of rotatable bonds is 6. The van der Waals surface area contributed by atoms with Crippen molar-refractivity contribution in [2.24, 2.45) is 7.05 Å². The molecule has 0 aliphatic heterocycles. The first-order chi connectivity index (χ1) is 24.6. The van der Waals surface area contributed by atoms with Gasteiger partial charge in [-0.05, 0) is 71.5 Å². The topological polar surface area (TPSA) is 55.9 Å². The van der Waals surface area contributed by atoms with Crippen LogP contribution in [-0.2, 0) is 33.5 Å². The van der Waals surface area contributed by atoms with Crippen molar-refractivity contribution in [1.82, 2.24) is 19.1 Å². The van der Waals surface area contributed by atoms with Crippen molar-refractivity contribution < 1.29 is 26.2 Å². The Morgan fingerprint density at radius 2 is 1.50 bits per heavy atom. The molecule has 0 radical (unpaired) electrons. The number of phenolic OH excluding ortho intramolecular Hbond substituents is 1. The van der Waals surface area contributed by atoms with Gasteiger partial charge in [0.2, 0.25) is 0 Å². The Balaban J connectivity index is 0.00000420. The fraction of sp³-hybridized carbons (Fsp3) is 0.130. The van der Waals surface area contributed by atoms with Crippen LogP contribution in [0.5, 0.6) is 5.75 Å². The van der Waals surface area contributed by atoms with Crippen LogP contribution in [0.2, 0.25) is 0 Å². The Kier molecular flexibility index (Phi) is 9.10. The summed E-state index contributed by atoms with van der Waals surface area (Å²) in [6.45, 7) is 13.2. The SMILES string of the molecule is C=Cc1c(C)c2cccc(-c3ccnc(-c4[c-]c(-c5cccc6c5nc(-c5ccccc5O)n6C)ccc4)c3)c2n1-c1cccc(C(C)(C)C)c1.[Pt]. The summed E-state index contributed by atoms with van der Waals surface area (Å²) >= 11 is 0. The molecule has 0 unspecified atom stereocenters. The minimum Gasteiger partial charge on any atom is -0.507 e. The molecule has 260 valence electrons. The van der Waals surface area contributed by atoms with E-state index in [1.54, 1.807) is 6.07 Å². The summed E-state index contributed by atoms with van der Waals surface area (Å²) < 4.78 is 4.38.